The molecule has 1 aromatic carbocycles. The summed E-state index contributed by atoms with van der Waals surface area (Å²) in [6.45, 7) is 6.82. The van der Waals surface area contributed by atoms with Crippen molar-refractivity contribution in [2.75, 3.05) is 6.54 Å². The van der Waals surface area contributed by atoms with Crippen molar-refractivity contribution in [3.63, 3.8) is 0 Å². The van der Waals surface area contributed by atoms with Crippen LogP contribution >= 0.6 is 0 Å². The van der Waals surface area contributed by atoms with E-state index in [2.05, 4.69) is 20.3 Å². The van der Waals surface area contributed by atoms with Crippen molar-refractivity contribution in [2.24, 2.45) is 5.92 Å². The summed E-state index contributed by atoms with van der Waals surface area (Å²) in [5.41, 5.74) is -1.38. The van der Waals surface area contributed by atoms with E-state index in [0.717, 1.165) is 25.0 Å². The van der Waals surface area contributed by atoms with Crippen LogP contribution in [0.25, 0.3) is 10.9 Å². The van der Waals surface area contributed by atoms with Gasteiger partial charge in [-0.1, -0.05) is 31.9 Å². The van der Waals surface area contributed by atoms with Crippen LogP contribution in [0.3, 0.4) is 0 Å². The molecule has 7 rings (SSSR count). The van der Waals surface area contributed by atoms with Gasteiger partial charge in [-0.3, -0.25) is 19.1 Å². The molecule has 1 spiro atoms. The zero-order valence-corrected chi connectivity index (χ0v) is 33.2. The van der Waals surface area contributed by atoms with Crippen LogP contribution in [0.15, 0.2) is 24.3 Å². The summed E-state index contributed by atoms with van der Waals surface area (Å²) in [4.78, 5) is 62.5. The highest BCUT2D eigenvalue weighted by molar-refractivity contribution is 7.91. The lowest BCUT2D eigenvalue weighted by Gasteiger charge is -2.48. The highest BCUT2D eigenvalue weighted by Crippen LogP contribution is 2.47. The standard InChI is InChI=1S/C40H51F2N5O8S/c1-5-23(2)54-37(51)44-30-12-10-8-6-7-9-11-25-13-16-40(25,36(50)46-56(52,53)38(4)17-18-38)45-34(48)32-21-39(22-47(32)35(30)49)15-14-26-27-19-28(41)29(42)20-31(27)43-24(3)33(26)55-39/h9,11,19-20,23,25,30,32H,5-8,10,12-18,21-22H2,1-4H3,(H,44,51)(H,45,48)(H,46,50). The number of alkyl carbamates (subject to hydrolysis) is 1. The number of allylic oxidation sites excluding steroid dienone is 1. The summed E-state index contributed by atoms with van der Waals surface area (Å²) in [5.74, 6) is -4.18. The zero-order valence-electron chi connectivity index (χ0n) is 32.3. The molecular weight excluding hydrogens is 749 g/mol. The number of sulfonamides is 1. The Bertz CT molecular complexity index is 2090. The van der Waals surface area contributed by atoms with Crippen LogP contribution in [0.2, 0.25) is 0 Å². The Kier molecular flexibility index (Phi) is 10.6. The van der Waals surface area contributed by atoms with E-state index in [1.54, 1.807) is 20.8 Å². The number of fused-ring (bicyclic) bond motifs is 5. The predicted molar refractivity (Wildman–Crippen MR) is 202 cm³/mol. The van der Waals surface area contributed by atoms with E-state index in [1.165, 1.54) is 4.90 Å². The zero-order chi connectivity index (χ0) is 40.2. The highest BCUT2D eigenvalue weighted by atomic mass is 32.2. The Labute approximate surface area is 325 Å². The van der Waals surface area contributed by atoms with Crippen LogP contribution in [0, 0.1) is 24.5 Å². The molecule has 304 valence electrons. The fraction of sp³-hybridized carbons (Fsp3) is 0.625. The van der Waals surface area contributed by atoms with Gasteiger partial charge in [-0.25, -0.2) is 27.0 Å². The van der Waals surface area contributed by atoms with E-state index in [1.807, 2.05) is 19.1 Å². The molecule has 1 saturated heterocycles. The number of carbonyl (C=O) groups is 4. The van der Waals surface area contributed by atoms with E-state index in [4.69, 9.17) is 9.47 Å². The molecule has 2 aromatic rings. The second-order valence-electron chi connectivity index (χ2n) is 16.6. The topological polar surface area (TPSA) is 173 Å². The Morgan fingerprint density at radius 3 is 2.55 bits per heavy atom. The molecule has 4 heterocycles. The number of nitrogens with zero attached hydrogens (tertiary/aromatic N) is 2. The minimum absolute atomic E-state index is 0.00210. The molecule has 0 radical (unpaired) electrons. The number of benzene rings is 1. The highest BCUT2D eigenvalue weighted by Gasteiger charge is 2.59. The van der Waals surface area contributed by atoms with Crippen LogP contribution in [0.1, 0.15) is 109 Å². The third-order valence-corrected chi connectivity index (χ3v) is 14.8. The minimum Gasteiger partial charge on any atom is -0.483 e. The number of rotatable bonds is 6. The number of ether oxygens (including phenoxy) is 2. The van der Waals surface area contributed by atoms with Gasteiger partial charge in [0, 0.05) is 29.4 Å². The molecule has 3 aliphatic heterocycles. The van der Waals surface area contributed by atoms with Crippen LogP contribution in [0.5, 0.6) is 5.75 Å². The van der Waals surface area contributed by atoms with E-state index in [0.29, 0.717) is 73.8 Å². The number of aryl methyl sites for hydroxylation is 2. The van der Waals surface area contributed by atoms with Gasteiger partial charge in [0.15, 0.2) is 11.6 Å². The van der Waals surface area contributed by atoms with Crippen molar-refractivity contribution in [3.05, 3.63) is 47.2 Å². The monoisotopic (exact) mass is 799 g/mol. The summed E-state index contributed by atoms with van der Waals surface area (Å²) in [6.07, 6.45) is 8.46. The first kappa shape index (κ1) is 39.9. The molecule has 16 heteroatoms. The molecule has 6 unspecified atom stereocenters. The Balaban J connectivity index is 1.25. The molecule has 5 aliphatic rings. The number of amides is 4. The summed E-state index contributed by atoms with van der Waals surface area (Å²) in [5, 5.41) is 6.10. The Hall–Kier alpha value is -4.34. The summed E-state index contributed by atoms with van der Waals surface area (Å²) in [7, 11) is -4.04. The number of pyridine rings is 1. The lowest BCUT2D eigenvalue weighted by atomic mass is 9.65. The average Bonchev–Trinajstić information content (AvgIpc) is 3.81. The molecule has 1 aromatic heterocycles. The third kappa shape index (κ3) is 7.33. The van der Waals surface area contributed by atoms with Gasteiger partial charge >= 0.3 is 6.09 Å². The third-order valence-electron chi connectivity index (χ3n) is 12.7. The number of nitrogens with one attached hydrogen (secondary N) is 3. The molecule has 3 fully saturated rings. The Morgan fingerprint density at radius 1 is 1.11 bits per heavy atom. The fourth-order valence-electron chi connectivity index (χ4n) is 8.50. The minimum atomic E-state index is -4.04. The molecule has 2 aliphatic carbocycles. The first-order valence-corrected chi connectivity index (χ1v) is 21.3. The largest absolute Gasteiger partial charge is 0.483 e. The first-order valence-electron chi connectivity index (χ1n) is 19.8. The molecule has 13 nitrogen and oxygen atoms in total. The lowest BCUT2D eigenvalue weighted by Crippen LogP contribution is -2.70. The van der Waals surface area contributed by atoms with Crippen LogP contribution in [-0.2, 0) is 35.6 Å². The molecule has 6 atom stereocenters. The second kappa shape index (κ2) is 14.9. The maximum absolute atomic E-state index is 14.7. The van der Waals surface area contributed by atoms with Crippen molar-refractivity contribution in [3.8, 4) is 5.75 Å². The smallest absolute Gasteiger partial charge is 0.408 e. The molecule has 3 N–H and O–H groups in total. The van der Waals surface area contributed by atoms with Gasteiger partial charge in [0.1, 0.15) is 35.1 Å². The van der Waals surface area contributed by atoms with E-state index < -0.39 is 85.5 Å². The van der Waals surface area contributed by atoms with E-state index in [-0.39, 0.29) is 31.3 Å². The number of carbonyl (C=O) groups excluding carboxylic acids is 4. The summed E-state index contributed by atoms with van der Waals surface area (Å²) < 4.78 is 68.6. The summed E-state index contributed by atoms with van der Waals surface area (Å²) in [6, 6.07) is -0.0876. The quantitative estimate of drug-likeness (QED) is 0.334. The Morgan fingerprint density at radius 2 is 1.86 bits per heavy atom. The van der Waals surface area contributed by atoms with Gasteiger partial charge in [0.05, 0.1) is 22.5 Å². The van der Waals surface area contributed by atoms with Gasteiger partial charge in [0.25, 0.3) is 5.91 Å². The van der Waals surface area contributed by atoms with Gasteiger partial charge < -0.3 is 25.0 Å². The lowest BCUT2D eigenvalue weighted by molar-refractivity contribution is -0.144. The van der Waals surface area contributed by atoms with Gasteiger partial charge in [0.2, 0.25) is 21.8 Å². The SMILES string of the molecule is CCC(C)OC(=O)NC1CCCCCC=CC2CCC2(C(=O)NS(=O)(=O)C2(C)CC2)NC(=O)C2CC3(CCc4c(c(C)nc5cc(F)c(F)cc45)O3)CN2C1=O. The van der Waals surface area contributed by atoms with Crippen LogP contribution in [-0.4, -0.2) is 82.7 Å². The number of aromatic nitrogens is 1. The molecular formula is C40H51F2N5O8S. The van der Waals surface area contributed by atoms with Crippen LogP contribution in [0.4, 0.5) is 13.6 Å². The fourth-order valence-corrected chi connectivity index (χ4v) is 9.81. The number of hydrogen-bond acceptors (Lipinski definition) is 9. The van der Waals surface area contributed by atoms with E-state index >= 15 is 0 Å². The number of halogens is 2. The predicted octanol–water partition coefficient (Wildman–Crippen LogP) is 5.16. The molecule has 56 heavy (non-hydrogen) atoms. The van der Waals surface area contributed by atoms with Crippen molar-refractivity contribution >= 4 is 44.7 Å². The van der Waals surface area contributed by atoms with Crippen LogP contribution < -0.4 is 20.1 Å². The maximum Gasteiger partial charge on any atom is 0.408 e. The number of hydrogen-bond donors (Lipinski definition) is 3. The van der Waals surface area contributed by atoms with Gasteiger partial charge in [-0.15, -0.1) is 0 Å². The van der Waals surface area contributed by atoms with Crippen molar-refractivity contribution < 1.29 is 45.9 Å². The van der Waals surface area contributed by atoms with Crippen molar-refractivity contribution in [2.45, 2.75) is 145 Å². The van der Waals surface area contributed by atoms with Crippen molar-refractivity contribution in [1.82, 2.24) is 25.2 Å². The second-order valence-corrected chi connectivity index (χ2v) is 18.8. The normalized spacial score (nSPS) is 29.3. The van der Waals surface area contributed by atoms with Crippen molar-refractivity contribution in [1.29, 1.82) is 0 Å². The average molecular weight is 800 g/mol. The molecule has 4 amide bonds. The summed E-state index contributed by atoms with van der Waals surface area (Å²) >= 11 is 0. The molecule has 0 bridgehead atoms. The molecule has 2 saturated carbocycles. The van der Waals surface area contributed by atoms with E-state index in [9.17, 15) is 36.4 Å². The van der Waals surface area contributed by atoms with Gasteiger partial charge in [-0.05, 0) is 91.0 Å². The maximum atomic E-state index is 14.7. The first-order chi connectivity index (χ1) is 26.5. The van der Waals surface area contributed by atoms with Gasteiger partial charge in [-0.2, -0.15) is 0 Å².